The highest BCUT2D eigenvalue weighted by Gasteiger charge is 2.36. The maximum Gasteiger partial charge on any atom is 0.305 e. The van der Waals surface area contributed by atoms with Crippen LogP contribution in [-0.2, 0) is 23.8 Å². The highest BCUT2D eigenvalue weighted by Crippen LogP contribution is 2.22. The lowest BCUT2D eigenvalue weighted by molar-refractivity contribution is -0.156. The quantitative estimate of drug-likeness (QED) is 0.518. The van der Waals surface area contributed by atoms with Crippen molar-refractivity contribution >= 4 is 19.8 Å². The summed E-state index contributed by atoms with van der Waals surface area (Å²) in [5.74, 6) is -0.617. The molecule has 0 aromatic heterocycles. The molecule has 0 bridgehead atoms. The monoisotopic (exact) mass is 240 g/mol. The van der Waals surface area contributed by atoms with Crippen LogP contribution in [0.25, 0.3) is 0 Å². The van der Waals surface area contributed by atoms with Crippen LogP contribution in [0, 0.1) is 0 Å². The summed E-state index contributed by atoms with van der Waals surface area (Å²) >= 11 is 0. The van der Waals surface area contributed by atoms with Crippen LogP contribution in [0.3, 0.4) is 0 Å². The first-order chi connectivity index (χ1) is 8.06. The van der Waals surface area contributed by atoms with Gasteiger partial charge in [-0.15, -0.1) is 0 Å². The van der Waals surface area contributed by atoms with Gasteiger partial charge in [0.2, 0.25) is 0 Å². The first-order valence-corrected chi connectivity index (χ1v) is 5.83. The number of hydrogen-bond acceptors (Lipinski definition) is 5. The summed E-state index contributed by atoms with van der Waals surface area (Å²) in [6.07, 6.45) is 0.143. The molecule has 0 spiro atoms. The molecule has 1 rings (SSSR count). The molecule has 1 heterocycles. The van der Waals surface area contributed by atoms with Crippen LogP contribution in [0.4, 0.5) is 0 Å². The van der Waals surface area contributed by atoms with Crippen LogP contribution in [0.2, 0.25) is 0 Å². The van der Waals surface area contributed by atoms with E-state index < -0.39 is 18.2 Å². The standard InChI is InChI=1S/C11H17BO5/c1-3-10(13)15-6-8-7(5-9(12)16-8)17-11(14)4-2/h7-9H,3-6H2,1-2H3/t7-,8-,9-/m0/s1. The van der Waals surface area contributed by atoms with Crippen LogP contribution in [-0.4, -0.2) is 44.6 Å². The van der Waals surface area contributed by atoms with Crippen molar-refractivity contribution in [2.45, 2.75) is 51.3 Å². The van der Waals surface area contributed by atoms with Crippen molar-refractivity contribution in [2.75, 3.05) is 6.61 Å². The Morgan fingerprint density at radius 3 is 2.53 bits per heavy atom. The number of rotatable bonds is 5. The number of esters is 2. The van der Waals surface area contributed by atoms with Gasteiger partial charge in [-0.2, -0.15) is 0 Å². The third kappa shape index (κ3) is 4.38. The Morgan fingerprint density at radius 2 is 1.94 bits per heavy atom. The van der Waals surface area contributed by atoms with Crippen LogP contribution >= 0.6 is 0 Å². The molecule has 0 amide bonds. The number of ether oxygens (including phenoxy) is 3. The molecule has 1 aliphatic heterocycles. The van der Waals surface area contributed by atoms with Gasteiger partial charge in [0.05, 0.1) is 0 Å². The fraction of sp³-hybridized carbons (Fsp3) is 0.818. The maximum absolute atomic E-state index is 11.2. The highest BCUT2D eigenvalue weighted by molar-refractivity contribution is 6.11. The summed E-state index contributed by atoms with van der Waals surface area (Å²) in [4.78, 5) is 22.2. The predicted octanol–water partition coefficient (Wildman–Crippen LogP) is 0.545. The molecule has 0 aliphatic carbocycles. The third-order valence-corrected chi connectivity index (χ3v) is 2.50. The lowest BCUT2D eigenvalue weighted by Crippen LogP contribution is -2.31. The molecule has 6 heteroatoms. The van der Waals surface area contributed by atoms with E-state index in [2.05, 4.69) is 0 Å². The van der Waals surface area contributed by atoms with Gasteiger partial charge in [0.25, 0.3) is 0 Å². The van der Waals surface area contributed by atoms with Gasteiger partial charge in [0.15, 0.2) is 0 Å². The molecule has 1 fully saturated rings. The molecular formula is C11H17BO5. The van der Waals surface area contributed by atoms with E-state index in [9.17, 15) is 9.59 Å². The second-order valence-electron chi connectivity index (χ2n) is 3.87. The van der Waals surface area contributed by atoms with Crippen LogP contribution in [0.1, 0.15) is 33.1 Å². The second kappa shape index (κ2) is 6.64. The second-order valence-corrected chi connectivity index (χ2v) is 3.87. The first kappa shape index (κ1) is 14.0. The maximum atomic E-state index is 11.2. The topological polar surface area (TPSA) is 61.8 Å². The molecule has 0 saturated carbocycles. The average Bonchev–Trinajstić information content (AvgIpc) is 2.66. The molecule has 0 aromatic rings. The van der Waals surface area contributed by atoms with Crippen LogP contribution in [0.5, 0.6) is 0 Å². The minimum Gasteiger partial charge on any atom is -0.463 e. The van der Waals surface area contributed by atoms with Crippen molar-refractivity contribution < 1.29 is 23.8 Å². The first-order valence-electron chi connectivity index (χ1n) is 5.83. The summed E-state index contributed by atoms with van der Waals surface area (Å²) in [6.45, 7) is 3.49. The minimum atomic E-state index is -0.477. The Balaban J connectivity index is 2.44. The molecule has 0 unspecified atom stereocenters. The molecule has 0 aromatic carbocycles. The van der Waals surface area contributed by atoms with Crippen molar-refractivity contribution in [3.63, 3.8) is 0 Å². The number of carbonyl (C=O) groups excluding carboxylic acids is 2. The van der Waals surface area contributed by atoms with E-state index in [1.54, 1.807) is 13.8 Å². The SMILES string of the molecule is [B][C@@H]1C[C@H](OC(=O)CC)[C@H](COC(=O)CC)O1. The summed E-state index contributed by atoms with van der Waals surface area (Å²) in [7, 11) is 5.62. The van der Waals surface area contributed by atoms with Gasteiger partial charge in [-0.3, -0.25) is 9.59 Å². The average molecular weight is 240 g/mol. The Morgan fingerprint density at radius 1 is 1.29 bits per heavy atom. The highest BCUT2D eigenvalue weighted by atomic mass is 16.6. The van der Waals surface area contributed by atoms with Crippen molar-refractivity contribution in [3.05, 3.63) is 0 Å². The van der Waals surface area contributed by atoms with Gasteiger partial charge in [-0.1, -0.05) is 13.8 Å². The van der Waals surface area contributed by atoms with Crippen molar-refractivity contribution in [1.82, 2.24) is 0 Å². The lowest BCUT2D eigenvalue weighted by Gasteiger charge is -2.18. The summed E-state index contributed by atoms with van der Waals surface area (Å²) in [5.41, 5.74) is 0. The molecule has 5 nitrogen and oxygen atoms in total. The Hall–Kier alpha value is -1.04. The molecule has 3 atom stereocenters. The van der Waals surface area contributed by atoms with Gasteiger partial charge in [0.1, 0.15) is 26.7 Å². The van der Waals surface area contributed by atoms with Crippen LogP contribution < -0.4 is 0 Å². The molecular weight excluding hydrogens is 223 g/mol. The van der Waals surface area contributed by atoms with Gasteiger partial charge >= 0.3 is 11.9 Å². The van der Waals surface area contributed by atoms with Gasteiger partial charge in [0, 0.05) is 25.3 Å². The molecule has 0 N–H and O–H groups in total. The van der Waals surface area contributed by atoms with Crippen molar-refractivity contribution in [3.8, 4) is 0 Å². The summed E-state index contributed by atoms with van der Waals surface area (Å²) in [6, 6.07) is -0.477. The van der Waals surface area contributed by atoms with Gasteiger partial charge < -0.3 is 14.2 Å². The zero-order chi connectivity index (χ0) is 12.8. The van der Waals surface area contributed by atoms with E-state index in [1.807, 2.05) is 0 Å². The van der Waals surface area contributed by atoms with Crippen molar-refractivity contribution in [2.24, 2.45) is 0 Å². The number of carbonyl (C=O) groups is 2. The summed E-state index contributed by atoms with van der Waals surface area (Å²) in [5, 5.41) is 0. The van der Waals surface area contributed by atoms with E-state index in [0.717, 1.165) is 0 Å². The minimum absolute atomic E-state index is 0.0715. The van der Waals surface area contributed by atoms with E-state index in [4.69, 9.17) is 22.1 Å². The normalized spacial score (nSPS) is 27.8. The van der Waals surface area contributed by atoms with Crippen LogP contribution in [0.15, 0.2) is 0 Å². The largest absolute Gasteiger partial charge is 0.463 e. The zero-order valence-corrected chi connectivity index (χ0v) is 10.2. The molecule has 1 saturated heterocycles. The lowest BCUT2D eigenvalue weighted by atomic mass is 9.96. The van der Waals surface area contributed by atoms with E-state index in [-0.39, 0.29) is 18.5 Å². The predicted molar refractivity (Wildman–Crippen MR) is 60.5 cm³/mol. The fourth-order valence-electron chi connectivity index (χ4n) is 1.55. The molecule has 94 valence electrons. The molecule has 1 aliphatic rings. The Bertz CT molecular complexity index is 281. The smallest absolute Gasteiger partial charge is 0.305 e. The van der Waals surface area contributed by atoms with Gasteiger partial charge in [-0.25, -0.2) is 0 Å². The molecule has 2 radical (unpaired) electrons. The van der Waals surface area contributed by atoms with Crippen molar-refractivity contribution in [1.29, 1.82) is 0 Å². The summed E-state index contributed by atoms with van der Waals surface area (Å²) < 4.78 is 15.5. The van der Waals surface area contributed by atoms with E-state index in [1.165, 1.54) is 0 Å². The fourth-order valence-corrected chi connectivity index (χ4v) is 1.55. The Kier molecular flexibility index (Phi) is 5.48. The van der Waals surface area contributed by atoms with Gasteiger partial charge in [-0.05, 0) is 0 Å². The third-order valence-electron chi connectivity index (χ3n) is 2.50. The number of hydrogen-bond donors (Lipinski definition) is 0. The zero-order valence-electron chi connectivity index (χ0n) is 10.2. The van der Waals surface area contributed by atoms with E-state index >= 15 is 0 Å². The Labute approximate surface area is 102 Å². The molecule has 17 heavy (non-hydrogen) atoms. The van der Waals surface area contributed by atoms with E-state index in [0.29, 0.717) is 19.3 Å².